The van der Waals surface area contributed by atoms with Crippen LogP contribution in [0.4, 0.5) is 5.82 Å². The molecule has 1 heterocycles. The largest absolute Gasteiger partial charge is 0.392 e. The van der Waals surface area contributed by atoms with Crippen LogP contribution in [0.2, 0.25) is 0 Å². The molecule has 0 fully saturated rings. The van der Waals surface area contributed by atoms with E-state index in [1.54, 1.807) is 18.4 Å². The van der Waals surface area contributed by atoms with Crippen LogP contribution < -0.4 is 0 Å². The van der Waals surface area contributed by atoms with Crippen LogP contribution in [0.3, 0.4) is 0 Å². The lowest BCUT2D eigenvalue weighted by molar-refractivity contribution is 0.173. The Balaban J connectivity index is 2.94. The molecule has 0 radical (unpaired) electrons. The first-order chi connectivity index (χ1) is 5.65. The molecule has 0 saturated heterocycles. The molecule has 5 heteroatoms. The van der Waals surface area contributed by atoms with Crippen molar-refractivity contribution in [2.75, 3.05) is 0 Å². The maximum Gasteiger partial charge on any atom is 0.197 e. The highest BCUT2D eigenvalue weighted by Crippen LogP contribution is 2.14. The molecule has 1 N–H and O–H groups in total. The molecule has 12 heavy (non-hydrogen) atoms. The van der Waals surface area contributed by atoms with E-state index in [9.17, 15) is 4.91 Å². The van der Waals surface area contributed by atoms with E-state index in [1.807, 2.05) is 0 Å². The third-order valence-corrected chi connectivity index (χ3v) is 1.57. The summed E-state index contributed by atoms with van der Waals surface area (Å²) in [5.74, 6) is 0.943. The van der Waals surface area contributed by atoms with Crippen LogP contribution in [0.1, 0.15) is 12.7 Å². The summed E-state index contributed by atoms with van der Waals surface area (Å²) in [4.78, 5) is 14.1. The summed E-state index contributed by atoms with van der Waals surface area (Å²) < 4.78 is 1.58. The molecule has 5 nitrogen and oxygen atoms in total. The van der Waals surface area contributed by atoms with E-state index in [4.69, 9.17) is 5.11 Å². The van der Waals surface area contributed by atoms with Crippen LogP contribution >= 0.6 is 0 Å². The Labute approximate surface area is 70.0 Å². The first kappa shape index (κ1) is 8.86. The van der Waals surface area contributed by atoms with E-state index in [0.29, 0.717) is 12.4 Å². The van der Waals surface area contributed by atoms with Crippen molar-refractivity contribution in [1.29, 1.82) is 0 Å². The van der Waals surface area contributed by atoms with E-state index in [-0.39, 0.29) is 5.82 Å². The van der Waals surface area contributed by atoms with E-state index < -0.39 is 6.10 Å². The fourth-order valence-corrected chi connectivity index (χ4v) is 1.02. The summed E-state index contributed by atoms with van der Waals surface area (Å²) in [7, 11) is 0. The summed E-state index contributed by atoms with van der Waals surface area (Å²) >= 11 is 0. The Kier molecular flexibility index (Phi) is 2.54. The predicted octanol–water partition coefficient (Wildman–Crippen LogP) is 0.970. The molecule has 0 aliphatic heterocycles. The SMILES string of the molecule is Cc1ncc(N=O)n1CC(C)O. The minimum absolute atomic E-state index is 0.258. The first-order valence-electron chi connectivity index (χ1n) is 3.68. The van der Waals surface area contributed by atoms with Gasteiger partial charge in [-0.3, -0.25) is 0 Å². The highest BCUT2D eigenvalue weighted by atomic mass is 16.3. The fourth-order valence-electron chi connectivity index (χ4n) is 1.02. The van der Waals surface area contributed by atoms with Crippen LogP contribution in [0.5, 0.6) is 0 Å². The van der Waals surface area contributed by atoms with E-state index in [1.165, 1.54) is 6.20 Å². The van der Waals surface area contributed by atoms with Gasteiger partial charge in [0.25, 0.3) is 0 Å². The lowest BCUT2D eigenvalue weighted by atomic mass is 10.4. The number of hydrogen-bond acceptors (Lipinski definition) is 4. The van der Waals surface area contributed by atoms with Gasteiger partial charge in [-0.25, -0.2) is 4.98 Å². The lowest BCUT2D eigenvalue weighted by Crippen LogP contribution is -2.12. The number of aliphatic hydroxyl groups excluding tert-OH is 1. The number of rotatable bonds is 3. The Morgan fingerprint density at radius 3 is 3.00 bits per heavy atom. The molecule has 1 aromatic rings. The molecular formula is C7H11N3O2. The van der Waals surface area contributed by atoms with Crippen LogP contribution in [0.25, 0.3) is 0 Å². The van der Waals surface area contributed by atoms with Crippen molar-refractivity contribution in [3.63, 3.8) is 0 Å². The predicted molar refractivity (Wildman–Crippen MR) is 44.1 cm³/mol. The average Bonchev–Trinajstić information content (AvgIpc) is 2.32. The number of aromatic nitrogens is 2. The second-order valence-electron chi connectivity index (χ2n) is 2.71. The average molecular weight is 169 g/mol. The molecule has 66 valence electrons. The molecule has 1 aromatic heterocycles. The Morgan fingerprint density at radius 2 is 2.50 bits per heavy atom. The minimum Gasteiger partial charge on any atom is -0.392 e. The molecular weight excluding hydrogens is 158 g/mol. The zero-order valence-electron chi connectivity index (χ0n) is 7.06. The topological polar surface area (TPSA) is 67.5 Å². The summed E-state index contributed by atoms with van der Waals surface area (Å²) in [5.41, 5.74) is 0. The van der Waals surface area contributed by atoms with Crippen LogP contribution in [-0.2, 0) is 6.54 Å². The van der Waals surface area contributed by atoms with Crippen LogP contribution in [0.15, 0.2) is 11.4 Å². The van der Waals surface area contributed by atoms with Crippen molar-refractivity contribution in [2.24, 2.45) is 5.18 Å². The molecule has 0 spiro atoms. The maximum atomic E-state index is 10.2. The zero-order valence-corrected chi connectivity index (χ0v) is 7.06. The third kappa shape index (κ3) is 1.68. The molecule has 0 bridgehead atoms. The van der Waals surface area contributed by atoms with Crippen molar-refractivity contribution >= 4 is 5.82 Å². The van der Waals surface area contributed by atoms with Gasteiger partial charge in [0.1, 0.15) is 5.82 Å². The van der Waals surface area contributed by atoms with Gasteiger partial charge in [-0.15, -0.1) is 4.91 Å². The van der Waals surface area contributed by atoms with Gasteiger partial charge in [-0.1, -0.05) is 0 Å². The Bertz CT molecular complexity index is 280. The molecule has 0 aliphatic carbocycles. The van der Waals surface area contributed by atoms with Gasteiger partial charge in [0, 0.05) is 0 Å². The quantitative estimate of drug-likeness (QED) is 0.685. The van der Waals surface area contributed by atoms with Gasteiger partial charge >= 0.3 is 0 Å². The second kappa shape index (κ2) is 3.44. The highest BCUT2D eigenvalue weighted by Gasteiger charge is 2.08. The molecule has 0 saturated carbocycles. The molecule has 0 aromatic carbocycles. The van der Waals surface area contributed by atoms with Gasteiger partial charge in [0.2, 0.25) is 0 Å². The highest BCUT2D eigenvalue weighted by molar-refractivity contribution is 5.26. The normalized spacial score (nSPS) is 12.9. The molecule has 1 rings (SSSR count). The number of nitroso groups, excluding NO2 is 1. The number of aryl methyl sites for hydroxylation is 1. The monoisotopic (exact) mass is 169 g/mol. The lowest BCUT2D eigenvalue weighted by Gasteiger charge is -2.07. The van der Waals surface area contributed by atoms with E-state index >= 15 is 0 Å². The smallest absolute Gasteiger partial charge is 0.197 e. The van der Waals surface area contributed by atoms with Crippen molar-refractivity contribution < 1.29 is 5.11 Å². The Morgan fingerprint density at radius 1 is 1.83 bits per heavy atom. The van der Waals surface area contributed by atoms with Crippen molar-refractivity contribution in [1.82, 2.24) is 9.55 Å². The molecule has 1 atom stereocenters. The van der Waals surface area contributed by atoms with Crippen molar-refractivity contribution in [2.45, 2.75) is 26.5 Å². The van der Waals surface area contributed by atoms with Crippen molar-refractivity contribution in [3.05, 3.63) is 16.9 Å². The fraction of sp³-hybridized carbons (Fsp3) is 0.571. The number of aliphatic hydroxyl groups is 1. The number of imidazole rings is 1. The minimum atomic E-state index is -0.501. The number of hydrogen-bond donors (Lipinski definition) is 1. The molecule has 1 unspecified atom stereocenters. The van der Waals surface area contributed by atoms with Gasteiger partial charge in [0.15, 0.2) is 5.82 Å². The van der Waals surface area contributed by atoms with Gasteiger partial charge in [-0.2, -0.15) is 0 Å². The molecule has 0 amide bonds. The number of nitrogens with zero attached hydrogens (tertiary/aromatic N) is 3. The maximum absolute atomic E-state index is 10.2. The summed E-state index contributed by atoms with van der Waals surface area (Å²) in [5, 5.41) is 11.9. The summed E-state index contributed by atoms with van der Waals surface area (Å²) in [6, 6.07) is 0. The van der Waals surface area contributed by atoms with Gasteiger partial charge in [0.05, 0.1) is 18.8 Å². The van der Waals surface area contributed by atoms with Crippen LogP contribution in [-0.4, -0.2) is 20.8 Å². The third-order valence-electron chi connectivity index (χ3n) is 1.57. The summed E-state index contributed by atoms with van der Waals surface area (Å²) in [6.45, 7) is 3.76. The van der Waals surface area contributed by atoms with Crippen molar-refractivity contribution in [3.8, 4) is 0 Å². The van der Waals surface area contributed by atoms with E-state index in [0.717, 1.165) is 0 Å². The van der Waals surface area contributed by atoms with Gasteiger partial charge < -0.3 is 9.67 Å². The summed E-state index contributed by atoms with van der Waals surface area (Å²) in [6.07, 6.45) is 0.892. The standard InChI is InChI=1S/C7H11N3O2/c1-5(11)4-10-6(2)8-3-7(10)9-12/h3,5,11H,4H2,1-2H3. The van der Waals surface area contributed by atoms with Crippen LogP contribution in [0, 0.1) is 11.8 Å². The second-order valence-corrected chi connectivity index (χ2v) is 2.71. The Hall–Kier alpha value is -1.23. The zero-order chi connectivity index (χ0) is 9.14. The van der Waals surface area contributed by atoms with Gasteiger partial charge in [-0.05, 0) is 19.0 Å². The first-order valence-corrected chi connectivity index (χ1v) is 3.68. The molecule has 0 aliphatic rings. The van der Waals surface area contributed by atoms with E-state index in [2.05, 4.69) is 10.2 Å².